The summed E-state index contributed by atoms with van der Waals surface area (Å²) in [6.45, 7) is 3.03. The number of hydrogen-bond acceptors (Lipinski definition) is 5. The number of sulfonamides is 1. The number of aromatic nitrogens is 1. The lowest BCUT2D eigenvalue weighted by Gasteiger charge is -2.33. The summed E-state index contributed by atoms with van der Waals surface area (Å²) in [5.41, 5.74) is 1.17. The molecule has 1 aliphatic rings. The largest absolute Gasteiger partial charge is 0.296 e. The fourth-order valence-corrected chi connectivity index (χ4v) is 6.05. The third-order valence-corrected chi connectivity index (χ3v) is 7.38. The van der Waals surface area contributed by atoms with Crippen molar-refractivity contribution in [1.29, 1.82) is 0 Å². The van der Waals surface area contributed by atoms with E-state index >= 15 is 0 Å². The van der Waals surface area contributed by atoms with Gasteiger partial charge in [0.05, 0.1) is 4.34 Å². The Hall–Kier alpha value is -0.700. The van der Waals surface area contributed by atoms with Crippen LogP contribution in [-0.4, -0.2) is 48.8 Å². The number of halogens is 2. The van der Waals surface area contributed by atoms with Crippen molar-refractivity contribution < 1.29 is 8.42 Å². The second-order valence-electron chi connectivity index (χ2n) is 5.22. The zero-order valence-corrected chi connectivity index (χ0v) is 15.3. The van der Waals surface area contributed by atoms with Gasteiger partial charge in [-0.3, -0.25) is 9.88 Å². The molecular weight excluding hydrogens is 377 g/mol. The van der Waals surface area contributed by atoms with E-state index < -0.39 is 10.0 Å². The van der Waals surface area contributed by atoms with Crippen molar-refractivity contribution in [3.8, 4) is 0 Å². The number of thiophene rings is 1. The topological polar surface area (TPSA) is 53.5 Å². The normalized spacial score (nSPS) is 17.5. The Morgan fingerprint density at radius 2 is 1.78 bits per heavy atom. The third-order valence-electron chi connectivity index (χ3n) is 3.73. The van der Waals surface area contributed by atoms with E-state index in [0.717, 1.165) is 17.9 Å². The summed E-state index contributed by atoms with van der Waals surface area (Å²) in [6.07, 6.45) is 3.52. The molecule has 0 bridgehead atoms. The molecule has 0 aromatic carbocycles. The standard InChI is InChI=1S/C14H15Cl2N3O2S2/c15-13-9-12(14(16)22-13)23(20,21)19-7-5-18(6-8-19)10-11-1-3-17-4-2-11/h1-4,9H,5-8,10H2. The Morgan fingerprint density at radius 1 is 1.13 bits per heavy atom. The van der Waals surface area contributed by atoms with Gasteiger partial charge >= 0.3 is 0 Å². The van der Waals surface area contributed by atoms with Crippen LogP contribution in [0.5, 0.6) is 0 Å². The Bertz CT molecular complexity index is 773. The highest BCUT2D eigenvalue weighted by Crippen LogP contribution is 2.36. The predicted molar refractivity (Wildman–Crippen MR) is 92.6 cm³/mol. The zero-order chi connectivity index (χ0) is 16.4. The Labute approximate surface area is 149 Å². The van der Waals surface area contributed by atoms with Crippen molar-refractivity contribution in [2.45, 2.75) is 11.4 Å². The summed E-state index contributed by atoms with van der Waals surface area (Å²) in [5, 5.41) is 0. The van der Waals surface area contributed by atoms with Crippen LogP contribution in [0, 0.1) is 0 Å². The first-order valence-electron chi connectivity index (χ1n) is 7.03. The number of nitrogens with zero attached hydrogens (tertiary/aromatic N) is 3. The molecule has 0 atom stereocenters. The molecule has 2 aromatic rings. The van der Waals surface area contributed by atoms with Gasteiger partial charge in [-0.25, -0.2) is 8.42 Å². The second-order valence-corrected chi connectivity index (χ2v) is 9.42. The first-order valence-corrected chi connectivity index (χ1v) is 10.0. The van der Waals surface area contributed by atoms with Gasteiger partial charge in [0, 0.05) is 45.1 Å². The van der Waals surface area contributed by atoms with E-state index in [1.807, 2.05) is 12.1 Å². The Kier molecular flexibility index (Phi) is 5.25. The van der Waals surface area contributed by atoms with Crippen molar-refractivity contribution in [3.05, 3.63) is 44.8 Å². The monoisotopic (exact) mass is 391 g/mol. The Morgan fingerprint density at radius 3 is 2.35 bits per heavy atom. The number of pyridine rings is 1. The Balaban J connectivity index is 1.65. The quantitative estimate of drug-likeness (QED) is 0.803. The summed E-state index contributed by atoms with van der Waals surface area (Å²) in [7, 11) is -3.58. The molecule has 23 heavy (non-hydrogen) atoms. The van der Waals surface area contributed by atoms with Gasteiger partial charge in [0.25, 0.3) is 0 Å². The minimum atomic E-state index is -3.58. The molecule has 9 heteroatoms. The molecule has 124 valence electrons. The molecule has 5 nitrogen and oxygen atoms in total. The van der Waals surface area contributed by atoms with Crippen LogP contribution in [0.4, 0.5) is 0 Å². The maximum Gasteiger partial charge on any atom is 0.245 e. The van der Waals surface area contributed by atoms with E-state index in [0.29, 0.717) is 30.5 Å². The highest BCUT2D eigenvalue weighted by Gasteiger charge is 2.31. The fraction of sp³-hybridized carbons (Fsp3) is 0.357. The smallest absolute Gasteiger partial charge is 0.245 e. The van der Waals surface area contributed by atoms with Gasteiger partial charge in [0.1, 0.15) is 9.23 Å². The van der Waals surface area contributed by atoms with Gasteiger partial charge in [0.15, 0.2) is 0 Å². The molecule has 1 fully saturated rings. The van der Waals surface area contributed by atoms with E-state index in [1.165, 1.54) is 15.9 Å². The first-order chi connectivity index (χ1) is 11.0. The average molecular weight is 392 g/mol. The fourth-order valence-electron chi connectivity index (χ4n) is 2.51. The van der Waals surface area contributed by atoms with Gasteiger partial charge in [-0.15, -0.1) is 11.3 Å². The molecule has 2 aromatic heterocycles. The van der Waals surface area contributed by atoms with Gasteiger partial charge < -0.3 is 0 Å². The van der Waals surface area contributed by atoms with Gasteiger partial charge in [0.2, 0.25) is 10.0 Å². The first kappa shape index (κ1) is 17.1. The summed E-state index contributed by atoms with van der Waals surface area (Å²) < 4.78 is 27.4. The molecule has 0 aliphatic carbocycles. The molecule has 0 spiro atoms. The van der Waals surface area contributed by atoms with Crippen LogP contribution in [0.2, 0.25) is 8.67 Å². The van der Waals surface area contributed by atoms with Crippen molar-refractivity contribution in [2.24, 2.45) is 0 Å². The van der Waals surface area contributed by atoms with Crippen LogP contribution in [0.3, 0.4) is 0 Å². The van der Waals surface area contributed by atoms with Crippen molar-refractivity contribution >= 4 is 44.6 Å². The summed E-state index contributed by atoms with van der Waals surface area (Å²) >= 11 is 12.9. The summed E-state index contributed by atoms with van der Waals surface area (Å²) in [5.74, 6) is 0. The molecule has 0 N–H and O–H groups in total. The minimum absolute atomic E-state index is 0.108. The van der Waals surface area contributed by atoms with E-state index in [-0.39, 0.29) is 9.23 Å². The SMILES string of the molecule is O=S(=O)(c1cc(Cl)sc1Cl)N1CCN(Cc2ccncc2)CC1. The number of piperazine rings is 1. The van der Waals surface area contributed by atoms with E-state index in [1.54, 1.807) is 12.4 Å². The lowest BCUT2D eigenvalue weighted by molar-refractivity contribution is 0.181. The molecule has 0 unspecified atom stereocenters. The molecule has 3 heterocycles. The maximum atomic E-state index is 12.6. The highest BCUT2D eigenvalue weighted by atomic mass is 35.5. The summed E-state index contributed by atoms with van der Waals surface area (Å²) in [4.78, 5) is 6.33. The third kappa shape index (κ3) is 3.87. The summed E-state index contributed by atoms with van der Waals surface area (Å²) in [6, 6.07) is 5.36. The lowest BCUT2D eigenvalue weighted by Crippen LogP contribution is -2.48. The van der Waals surface area contributed by atoms with Gasteiger partial charge in [-0.1, -0.05) is 23.2 Å². The predicted octanol–water partition coefficient (Wildman–Crippen LogP) is 2.96. The highest BCUT2D eigenvalue weighted by molar-refractivity contribution is 7.89. The van der Waals surface area contributed by atoms with Gasteiger partial charge in [-0.05, 0) is 23.8 Å². The minimum Gasteiger partial charge on any atom is -0.296 e. The molecule has 3 rings (SSSR count). The zero-order valence-electron chi connectivity index (χ0n) is 12.2. The van der Waals surface area contributed by atoms with Gasteiger partial charge in [-0.2, -0.15) is 4.31 Å². The van der Waals surface area contributed by atoms with E-state index in [9.17, 15) is 8.42 Å². The van der Waals surface area contributed by atoms with Crippen LogP contribution < -0.4 is 0 Å². The number of hydrogen-bond donors (Lipinski definition) is 0. The van der Waals surface area contributed by atoms with Crippen LogP contribution >= 0.6 is 34.5 Å². The van der Waals surface area contributed by atoms with E-state index in [2.05, 4.69) is 9.88 Å². The van der Waals surface area contributed by atoms with Crippen molar-refractivity contribution in [2.75, 3.05) is 26.2 Å². The van der Waals surface area contributed by atoms with E-state index in [4.69, 9.17) is 23.2 Å². The van der Waals surface area contributed by atoms with Crippen LogP contribution in [0.1, 0.15) is 5.56 Å². The van der Waals surface area contributed by atoms with Crippen LogP contribution in [-0.2, 0) is 16.6 Å². The van der Waals surface area contributed by atoms with Crippen molar-refractivity contribution in [3.63, 3.8) is 0 Å². The lowest BCUT2D eigenvalue weighted by atomic mass is 10.2. The molecule has 0 amide bonds. The number of rotatable bonds is 4. The average Bonchev–Trinajstić information content (AvgIpc) is 2.88. The van der Waals surface area contributed by atoms with Crippen LogP contribution in [0.15, 0.2) is 35.5 Å². The second kappa shape index (κ2) is 7.04. The molecule has 0 saturated carbocycles. The molecule has 1 saturated heterocycles. The van der Waals surface area contributed by atoms with Crippen molar-refractivity contribution in [1.82, 2.24) is 14.2 Å². The van der Waals surface area contributed by atoms with Crippen LogP contribution in [0.25, 0.3) is 0 Å². The molecule has 1 aliphatic heterocycles. The maximum absolute atomic E-state index is 12.6. The molecule has 0 radical (unpaired) electrons. The molecular formula is C14H15Cl2N3O2S2.